The number of hydrogen-bond donors (Lipinski definition) is 1. The largest absolute Gasteiger partial charge is 0.330 e. The smallest absolute Gasteiger partial charge is 0.180 e. The molecule has 2 N–H and O–H groups in total. The van der Waals surface area contributed by atoms with Crippen LogP contribution in [0.15, 0.2) is 14.9 Å². The zero-order valence-corrected chi connectivity index (χ0v) is 10.8. The second kappa shape index (κ2) is 4.94. The van der Waals surface area contributed by atoms with Crippen LogP contribution in [0.4, 0.5) is 0 Å². The molecule has 0 unspecified atom stereocenters. The number of aryl methyl sites for hydroxylation is 2. The fraction of sp³-hybridized carbons (Fsp3) is 0.444. The SMILES string of the molecule is Cc1nn(C)c(Sc2nncs2)c1CCN. The van der Waals surface area contributed by atoms with Gasteiger partial charge >= 0.3 is 0 Å². The summed E-state index contributed by atoms with van der Waals surface area (Å²) in [5.74, 6) is 0. The van der Waals surface area contributed by atoms with Crippen molar-refractivity contribution in [2.45, 2.75) is 22.7 Å². The molecule has 7 heteroatoms. The van der Waals surface area contributed by atoms with Crippen LogP contribution in [-0.4, -0.2) is 26.5 Å². The van der Waals surface area contributed by atoms with Gasteiger partial charge in [0.15, 0.2) is 4.34 Å². The Labute approximate surface area is 102 Å². The van der Waals surface area contributed by atoms with E-state index in [0.29, 0.717) is 6.54 Å². The van der Waals surface area contributed by atoms with Crippen LogP contribution >= 0.6 is 23.1 Å². The lowest BCUT2D eigenvalue weighted by Crippen LogP contribution is -2.04. The molecule has 16 heavy (non-hydrogen) atoms. The summed E-state index contributed by atoms with van der Waals surface area (Å²) in [6, 6.07) is 0. The Kier molecular flexibility index (Phi) is 3.57. The number of hydrogen-bond acceptors (Lipinski definition) is 6. The van der Waals surface area contributed by atoms with E-state index in [1.54, 1.807) is 17.3 Å². The quantitative estimate of drug-likeness (QED) is 0.890. The second-order valence-corrected chi connectivity index (χ2v) is 5.41. The van der Waals surface area contributed by atoms with Gasteiger partial charge in [-0.05, 0) is 31.7 Å². The number of nitrogens with two attached hydrogens (primary N) is 1. The molecule has 2 aromatic heterocycles. The molecule has 0 aliphatic heterocycles. The van der Waals surface area contributed by atoms with E-state index in [0.717, 1.165) is 21.5 Å². The third-order valence-corrected chi connectivity index (χ3v) is 4.19. The van der Waals surface area contributed by atoms with Crippen LogP contribution in [0, 0.1) is 6.92 Å². The first-order valence-corrected chi connectivity index (χ1v) is 6.58. The number of rotatable bonds is 4. The van der Waals surface area contributed by atoms with Gasteiger partial charge in [-0.25, -0.2) is 0 Å². The summed E-state index contributed by atoms with van der Waals surface area (Å²) in [6.45, 7) is 2.64. The predicted molar refractivity (Wildman–Crippen MR) is 64.7 cm³/mol. The summed E-state index contributed by atoms with van der Waals surface area (Å²) in [5, 5.41) is 13.4. The molecule has 0 spiro atoms. The van der Waals surface area contributed by atoms with Gasteiger partial charge in [0.05, 0.1) is 5.69 Å². The minimum Gasteiger partial charge on any atom is -0.330 e. The maximum atomic E-state index is 5.61. The van der Waals surface area contributed by atoms with Crippen LogP contribution in [0.25, 0.3) is 0 Å². The average Bonchev–Trinajstić information content (AvgIpc) is 2.82. The molecule has 5 nitrogen and oxygen atoms in total. The van der Waals surface area contributed by atoms with E-state index in [9.17, 15) is 0 Å². The lowest BCUT2D eigenvalue weighted by molar-refractivity contribution is 0.688. The molecule has 0 aliphatic rings. The van der Waals surface area contributed by atoms with Crippen molar-refractivity contribution in [1.82, 2.24) is 20.0 Å². The molecule has 2 aromatic rings. The van der Waals surface area contributed by atoms with Gasteiger partial charge in [-0.3, -0.25) is 4.68 Å². The van der Waals surface area contributed by atoms with E-state index < -0.39 is 0 Å². The molecular weight excluding hydrogens is 242 g/mol. The van der Waals surface area contributed by atoms with Gasteiger partial charge in [-0.2, -0.15) is 5.10 Å². The highest BCUT2D eigenvalue weighted by Crippen LogP contribution is 2.32. The van der Waals surface area contributed by atoms with Crippen molar-refractivity contribution in [2.24, 2.45) is 12.8 Å². The van der Waals surface area contributed by atoms with Gasteiger partial charge < -0.3 is 5.73 Å². The standard InChI is InChI=1S/C9H13N5S2/c1-6-7(3-4-10)8(14(2)13-6)16-9-12-11-5-15-9/h5H,3-4,10H2,1-2H3. The van der Waals surface area contributed by atoms with Gasteiger partial charge in [0, 0.05) is 12.6 Å². The zero-order valence-electron chi connectivity index (χ0n) is 9.17. The fourth-order valence-corrected chi connectivity index (χ4v) is 3.17. The van der Waals surface area contributed by atoms with Gasteiger partial charge in [0.1, 0.15) is 10.5 Å². The highest BCUT2D eigenvalue weighted by atomic mass is 32.2. The van der Waals surface area contributed by atoms with Crippen molar-refractivity contribution in [3.05, 3.63) is 16.8 Å². The molecule has 0 atom stereocenters. The highest BCUT2D eigenvalue weighted by molar-refractivity contribution is 8.01. The summed E-state index contributed by atoms with van der Waals surface area (Å²) in [7, 11) is 1.94. The first-order chi connectivity index (χ1) is 7.72. The zero-order chi connectivity index (χ0) is 11.5. The van der Waals surface area contributed by atoms with Crippen molar-refractivity contribution in [3.63, 3.8) is 0 Å². The third kappa shape index (κ3) is 2.26. The molecule has 0 saturated carbocycles. The molecule has 0 aromatic carbocycles. The van der Waals surface area contributed by atoms with Gasteiger partial charge in [0.25, 0.3) is 0 Å². The summed E-state index contributed by atoms with van der Waals surface area (Å²) >= 11 is 3.13. The Balaban J connectivity index is 2.31. The number of aromatic nitrogens is 4. The molecule has 0 amide bonds. The first-order valence-electron chi connectivity index (χ1n) is 4.89. The van der Waals surface area contributed by atoms with E-state index >= 15 is 0 Å². The summed E-state index contributed by atoms with van der Waals surface area (Å²) in [5.41, 5.74) is 9.59. The van der Waals surface area contributed by atoms with E-state index in [2.05, 4.69) is 15.3 Å². The van der Waals surface area contributed by atoms with Crippen molar-refractivity contribution < 1.29 is 0 Å². The topological polar surface area (TPSA) is 69.6 Å². The highest BCUT2D eigenvalue weighted by Gasteiger charge is 2.14. The van der Waals surface area contributed by atoms with Gasteiger partial charge in [-0.1, -0.05) is 11.3 Å². The van der Waals surface area contributed by atoms with Gasteiger partial charge in [0.2, 0.25) is 0 Å². The van der Waals surface area contributed by atoms with Crippen LogP contribution in [0.5, 0.6) is 0 Å². The fourth-order valence-electron chi connectivity index (χ4n) is 1.53. The lowest BCUT2D eigenvalue weighted by Gasteiger charge is -2.02. The lowest BCUT2D eigenvalue weighted by atomic mass is 10.2. The summed E-state index contributed by atoms with van der Waals surface area (Å²) in [6.07, 6.45) is 0.848. The molecule has 2 heterocycles. The van der Waals surface area contributed by atoms with Crippen molar-refractivity contribution in [1.29, 1.82) is 0 Å². The molecule has 0 radical (unpaired) electrons. The Morgan fingerprint density at radius 3 is 3.00 bits per heavy atom. The van der Waals surface area contributed by atoms with E-state index in [1.807, 2.05) is 18.7 Å². The van der Waals surface area contributed by atoms with Crippen LogP contribution in [-0.2, 0) is 13.5 Å². The Morgan fingerprint density at radius 2 is 2.38 bits per heavy atom. The minimum absolute atomic E-state index is 0.635. The molecule has 86 valence electrons. The summed E-state index contributed by atoms with van der Waals surface area (Å²) in [4.78, 5) is 0. The van der Waals surface area contributed by atoms with Crippen LogP contribution < -0.4 is 5.73 Å². The summed E-state index contributed by atoms with van der Waals surface area (Å²) < 4.78 is 2.81. The molecule has 0 fully saturated rings. The van der Waals surface area contributed by atoms with Gasteiger partial charge in [-0.15, -0.1) is 10.2 Å². The number of nitrogens with zero attached hydrogens (tertiary/aromatic N) is 4. The maximum Gasteiger partial charge on any atom is 0.180 e. The van der Waals surface area contributed by atoms with Crippen LogP contribution in [0.2, 0.25) is 0 Å². The molecule has 0 aliphatic carbocycles. The predicted octanol–water partition coefficient (Wildman–Crippen LogP) is 1.23. The second-order valence-electron chi connectivity index (χ2n) is 3.34. The molecule has 2 rings (SSSR count). The first kappa shape index (κ1) is 11.6. The Hall–Kier alpha value is -0.920. The van der Waals surface area contributed by atoms with Crippen LogP contribution in [0.3, 0.4) is 0 Å². The van der Waals surface area contributed by atoms with Crippen molar-refractivity contribution >= 4 is 23.1 Å². The van der Waals surface area contributed by atoms with E-state index in [1.165, 1.54) is 16.9 Å². The van der Waals surface area contributed by atoms with Crippen molar-refractivity contribution in [2.75, 3.05) is 6.54 Å². The monoisotopic (exact) mass is 255 g/mol. The minimum atomic E-state index is 0.635. The Morgan fingerprint density at radius 1 is 1.56 bits per heavy atom. The Bertz CT molecular complexity index is 462. The third-order valence-electron chi connectivity index (χ3n) is 2.21. The van der Waals surface area contributed by atoms with E-state index in [4.69, 9.17) is 5.73 Å². The van der Waals surface area contributed by atoms with Crippen LogP contribution in [0.1, 0.15) is 11.3 Å². The molecule has 0 bridgehead atoms. The molecule has 0 saturated heterocycles. The van der Waals surface area contributed by atoms with E-state index in [-0.39, 0.29) is 0 Å². The van der Waals surface area contributed by atoms with Crippen molar-refractivity contribution in [3.8, 4) is 0 Å². The maximum absolute atomic E-state index is 5.61. The normalized spacial score (nSPS) is 10.9. The average molecular weight is 255 g/mol. The molecular formula is C9H13N5S2.